The number of carbonyl (C=O) groups excluding carboxylic acids is 1. The van der Waals surface area contributed by atoms with Crippen LogP contribution in [0, 0.1) is 11.8 Å². The van der Waals surface area contributed by atoms with E-state index in [9.17, 15) is 18.0 Å². The Hall–Kier alpha value is -0.260. The van der Waals surface area contributed by atoms with E-state index < -0.39 is 12.1 Å². The van der Waals surface area contributed by atoms with E-state index in [1.807, 2.05) is 13.8 Å². The third-order valence-corrected chi connectivity index (χ3v) is 4.85. The lowest BCUT2D eigenvalue weighted by atomic mass is 9.85. The summed E-state index contributed by atoms with van der Waals surface area (Å²) in [5.41, 5.74) is 0. The zero-order valence-electron chi connectivity index (χ0n) is 10.6. The van der Waals surface area contributed by atoms with E-state index >= 15 is 0 Å². The molecule has 0 aliphatic heterocycles. The van der Waals surface area contributed by atoms with Crippen LogP contribution in [0.4, 0.5) is 13.2 Å². The Morgan fingerprint density at radius 3 is 2.11 bits per heavy atom. The van der Waals surface area contributed by atoms with Gasteiger partial charge in [0, 0.05) is 6.04 Å². The number of rotatable bonds is 3. The van der Waals surface area contributed by atoms with E-state index in [2.05, 4.69) is 21.2 Å². The topological polar surface area (TPSA) is 29.1 Å². The average Bonchev–Trinajstić information content (AvgIpc) is 2.27. The molecule has 0 radical (unpaired) electrons. The average molecular weight is 330 g/mol. The van der Waals surface area contributed by atoms with Gasteiger partial charge in [-0.05, 0) is 31.6 Å². The molecular formula is C12H19BrF3NO. The van der Waals surface area contributed by atoms with Crippen LogP contribution in [-0.2, 0) is 4.79 Å². The molecule has 1 atom stereocenters. The summed E-state index contributed by atoms with van der Waals surface area (Å²) in [6.45, 7) is 3.83. The van der Waals surface area contributed by atoms with Gasteiger partial charge in [-0.15, -0.1) is 0 Å². The van der Waals surface area contributed by atoms with Gasteiger partial charge >= 0.3 is 6.18 Å². The number of halogens is 4. The first-order valence-electron chi connectivity index (χ1n) is 6.23. The van der Waals surface area contributed by atoms with Crippen molar-refractivity contribution in [1.82, 2.24) is 5.32 Å². The summed E-state index contributed by atoms with van der Waals surface area (Å²) in [4.78, 5) is 11.5. The molecule has 0 aromatic carbocycles. The molecule has 1 unspecified atom stereocenters. The highest BCUT2D eigenvalue weighted by atomic mass is 79.9. The van der Waals surface area contributed by atoms with Crippen molar-refractivity contribution in [3.8, 4) is 0 Å². The van der Waals surface area contributed by atoms with Crippen molar-refractivity contribution in [2.45, 2.75) is 56.6 Å². The molecule has 0 aromatic heterocycles. The summed E-state index contributed by atoms with van der Waals surface area (Å²) in [6, 6.07) is -0.116. The molecule has 1 rings (SSSR count). The van der Waals surface area contributed by atoms with Crippen molar-refractivity contribution in [3.63, 3.8) is 0 Å². The molecule has 1 saturated carbocycles. The van der Waals surface area contributed by atoms with Gasteiger partial charge in [-0.2, -0.15) is 13.2 Å². The van der Waals surface area contributed by atoms with Crippen molar-refractivity contribution < 1.29 is 18.0 Å². The monoisotopic (exact) mass is 329 g/mol. The van der Waals surface area contributed by atoms with Crippen LogP contribution in [0.3, 0.4) is 0 Å². The van der Waals surface area contributed by atoms with E-state index in [-0.39, 0.29) is 35.5 Å². The second kappa shape index (κ2) is 6.26. The Kier molecular flexibility index (Phi) is 5.49. The van der Waals surface area contributed by atoms with Crippen LogP contribution in [0.15, 0.2) is 0 Å². The molecule has 18 heavy (non-hydrogen) atoms. The van der Waals surface area contributed by atoms with E-state index in [4.69, 9.17) is 0 Å². The maximum absolute atomic E-state index is 12.5. The molecule has 1 N–H and O–H groups in total. The zero-order chi connectivity index (χ0) is 13.9. The van der Waals surface area contributed by atoms with Gasteiger partial charge in [-0.3, -0.25) is 4.79 Å². The van der Waals surface area contributed by atoms with Crippen LogP contribution in [0.25, 0.3) is 0 Å². The Morgan fingerprint density at radius 2 is 1.72 bits per heavy atom. The number of carbonyl (C=O) groups is 1. The van der Waals surface area contributed by atoms with Gasteiger partial charge in [0.2, 0.25) is 5.91 Å². The predicted octanol–water partition coefficient (Wildman–Crippen LogP) is 3.64. The molecule has 0 bridgehead atoms. The lowest BCUT2D eigenvalue weighted by molar-refractivity contribution is -0.182. The van der Waals surface area contributed by atoms with Crippen LogP contribution in [-0.4, -0.2) is 23.0 Å². The number of alkyl halides is 4. The SMILES string of the molecule is CC(C)C(Br)C(=O)NC1CCC(C(F)(F)F)CC1. The van der Waals surface area contributed by atoms with E-state index in [1.165, 1.54) is 0 Å². The van der Waals surface area contributed by atoms with E-state index in [0.29, 0.717) is 12.8 Å². The first-order valence-corrected chi connectivity index (χ1v) is 7.14. The maximum atomic E-state index is 12.5. The molecule has 1 aliphatic rings. The summed E-state index contributed by atoms with van der Waals surface area (Å²) >= 11 is 3.29. The summed E-state index contributed by atoms with van der Waals surface area (Å²) in [7, 11) is 0. The minimum Gasteiger partial charge on any atom is -0.352 e. The normalized spacial score (nSPS) is 27.1. The van der Waals surface area contributed by atoms with Crippen LogP contribution in [0.5, 0.6) is 0 Å². The summed E-state index contributed by atoms with van der Waals surface area (Å²) < 4.78 is 37.4. The summed E-state index contributed by atoms with van der Waals surface area (Å²) in [5.74, 6) is -1.16. The van der Waals surface area contributed by atoms with Crippen LogP contribution in [0.1, 0.15) is 39.5 Å². The van der Waals surface area contributed by atoms with Crippen molar-refractivity contribution >= 4 is 21.8 Å². The quantitative estimate of drug-likeness (QED) is 0.787. The largest absolute Gasteiger partial charge is 0.391 e. The Labute approximate surface area is 114 Å². The highest BCUT2D eigenvalue weighted by Crippen LogP contribution is 2.37. The number of amides is 1. The number of hydrogen-bond acceptors (Lipinski definition) is 1. The first-order chi connectivity index (χ1) is 8.21. The lowest BCUT2D eigenvalue weighted by Gasteiger charge is -2.31. The predicted molar refractivity (Wildman–Crippen MR) is 67.5 cm³/mol. The highest BCUT2D eigenvalue weighted by molar-refractivity contribution is 9.10. The molecule has 0 saturated heterocycles. The minimum absolute atomic E-state index is 0.114. The van der Waals surface area contributed by atoms with Crippen molar-refractivity contribution in [1.29, 1.82) is 0 Å². The van der Waals surface area contributed by atoms with Gasteiger partial charge in [0.05, 0.1) is 10.7 Å². The van der Waals surface area contributed by atoms with Gasteiger partial charge < -0.3 is 5.32 Å². The Bertz CT molecular complexity index is 286. The molecular weight excluding hydrogens is 311 g/mol. The van der Waals surface area contributed by atoms with Crippen LogP contribution in [0.2, 0.25) is 0 Å². The minimum atomic E-state index is -4.09. The number of hydrogen-bond donors (Lipinski definition) is 1. The molecule has 2 nitrogen and oxygen atoms in total. The van der Waals surface area contributed by atoms with Crippen LogP contribution < -0.4 is 5.32 Å². The van der Waals surface area contributed by atoms with Gasteiger partial charge in [0.15, 0.2) is 0 Å². The Morgan fingerprint density at radius 1 is 1.22 bits per heavy atom. The van der Waals surface area contributed by atoms with Gasteiger partial charge in [-0.25, -0.2) is 0 Å². The Balaban J connectivity index is 2.38. The third kappa shape index (κ3) is 4.44. The van der Waals surface area contributed by atoms with E-state index in [0.717, 1.165) is 0 Å². The molecule has 6 heteroatoms. The molecule has 1 aliphatic carbocycles. The zero-order valence-corrected chi connectivity index (χ0v) is 12.1. The van der Waals surface area contributed by atoms with Crippen molar-refractivity contribution in [2.75, 3.05) is 0 Å². The third-order valence-electron chi connectivity index (χ3n) is 3.37. The molecule has 1 amide bonds. The maximum Gasteiger partial charge on any atom is 0.391 e. The lowest BCUT2D eigenvalue weighted by Crippen LogP contribution is -2.43. The highest BCUT2D eigenvalue weighted by Gasteiger charge is 2.41. The van der Waals surface area contributed by atoms with Gasteiger partial charge in [0.1, 0.15) is 0 Å². The molecule has 0 spiro atoms. The fraction of sp³-hybridized carbons (Fsp3) is 0.917. The van der Waals surface area contributed by atoms with Gasteiger partial charge in [0.25, 0.3) is 0 Å². The standard InChI is InChI=1S/C12H19BrF3NO/c1-7(2)10(13)11(18)17-9-5-3-8(4-6-9)12(14,15)16/h7-10H,3-6H2,1-2H3,(H,17,18). The summed E-state index contributed by atoms with van der Waals surface area (Å²) in [5, 5.41) is 2.82. The molecule has 0 aromatic rings. The fourth-order valence-corrected chi connectivity index (χ4v) is 2.28. The van der Waals surface area contributed by atoms with E-state index in [1.54, 1.807) is 0 Å². The van der Waals surface area contributed by atoms with Crippen LogP contribution >= 0.6 is 15.9 Å². The van der Waals surface area contributed by atoms with Crippen molar-refractivity contribution in [3.05, 3.63) is 0 Å². The van der Waals surface area contributed by atoms with Crippen molar-refractivity contribution in [2.24, 2.45) is 11.8 Å². The first kappa shape index (κ1) is 15.8. The second-order valence-corrected chi connectivity index (χ2v) is 6.23. The number of nitrogens with one attached hydrogen (secondary N) is 1. The smallest absolute Gasteiger partial charge is 0.352 e. The molecule has 0 heterocycles. The fourth-order valence-electron chi connectivity index (χ4n) is 2.15. The molecule has 1 fully saturated rings. The van der Waals surface area contributed by atoms with Gasteiger partial charge in [-0.1, -0.05) is 29.8 Å². The molecule has 106 valence electrons. The second-order valence-electron chi connectivity index (χ2n) is 5.24. The summed E-state index contributed by atoms with van der Waals surface area (Å²) in [6.07, 6.45) is -3.04.